The number of nitrogens with one attached hydrogen (secondary N) is 1. The van der Waals surface area contributed by atoms with Crippen LogP contribution in [0.25, 0.3) is 0 Å². The molecule has 0 aromatic heterocycles. The number of amides is 4. The molecule has 2 aliphatic heterocycles. The van der Waals surface area contributed by atoms with E-state index < -0.39 is 58.6 Å². The third kappa shape index (κ3) is 7.01. The Kier molecular flexibility index (Phi) is 11.0. The molecule has 2 aliphatic carbocycles. The SMILES string of the molecule is COc1ccc(C23C(=O)N(Nc4ccc(Cl)cc4Cl)C(=O)C2CC2C(=CCC4C(=O)N(c5ccc(C(=O)c6ccccc6)cc5)C(=O)C42)C3c2ccc(OCc3ccccc3)cc2O)cc1. The average Bonchev–Trinajstić information content (AvgIpc) is 3.72. The van der Waals surface area contributed by atoms with Crippen LogP contribution >= 0.6 is 23.2 Å². The molecule has 6 unspecified atom stereocenters. The maximum atomic E-state index is 15.7. The number of halogens is 2. The summed E-state index contributed by atoms with van der Waals surface area (Å²) in [7, 11) is 1.53. The number of imide groups is 2. The van der Waals surface area contributed by atoms with Gasteiger partial charge < -0.3 is 14.6 Å². The minimum Gasteiger partial charge on any atom is -0.508 e. The van der Waals surface area contributed by atoms with Gasteiger partial charge in [-0.3, -0.25) is 34.3 Å². The van der Waals surface area contributed by atoms with Gasteiger partial charge in [-0.2, -0.15) is 5.01 Å². The number of carbonyl (C=O) groups is 5. The first kappa shape index (κ1) is 42.7. The van der Waals surface area contributed by atoms with Crippen LogP contribution in [0.4, 0.5) is 11.4 Å². The molecule has 330 valence electrons. The molecule has 3 fully saturated rings. The zero-order chi connectivity index (χ0) is 45.9. The van der Waals surface area contributed by atoms with Gasteiger partial charge in [0.1, 0.15) is 23.9 Å². The second-order valence-electron chi connectivity index (χ2n) is 17.0. The van der Waals surface area contributed by atoms with Gasteiger partial charge in [-0.05, 0) is 90.6 Å². The van der Waals surface area contributed by atoms with Gasteiger partial charge in [0, 0.05) is 33.7 Å². The summed E-state index contributed by atoms with van der Waals surface area (Å²) in [6.45, 7) is 0.233. The first-order valence-electron chi connectivity index (χ1n) is 21.5. The van der Waals surface area contributed by atoms with Crippen LogP contribution in [-0.2, 0) is 31.2 Å². The maximum Gasteiger partial charge on any atom is 0.260 e. The van der Waals surface area contributed by atoms with E-state index in [0.717, 1.165) is 10.6 Å². The summed E-state index contributed by atoms with van der Waals surface area (Å²) in [5.74, 6) is -6.07. The van der Waals surface area contributed by atoms with Gasteiger partial charge in [0.15, 0.2) is 5.78 Å². The number of hydrazine groups is 1. The normalized spacial score (nSPS) is 23.2. The van der Waals surface area contributed by atoms with E-state index in [-0.39, 0.29) is 41.7 Å². The van der Waals surface area contributed by atoms with Crippen LogP contribution in [0.2, 0.25) is 10.0 Å². The van der Waals surface area contributed by atoms with Crippen molar-refractivity contribution in [3.63, 3.8) is 0 Å². The number of hydrogen-bond acceptors (Lipinski definition) is 9. The van der Waals surface area contributed by atoms with Crippen molar-refractivity contribution in [2.45, 2.75) is 30.8 Å². The van der Waals surface area contributed by atoms with Crippen molar-refractivity contribution in [3.8, 4) is 17.2 Å². The fraction of sp³-hybridized carbons (Fsp3) is 0.189. The van der Waals surface area contributed by atoms with Crippen molar-refractivity contribution >= 4 is 64.0 Å². The van der Waals surface area contributed by atoms with E-state index in [2.05, 4.69) is 5.43 Å². The van der Waals surface area contributed by atoms with Crippen molar-refractivity contribution in [1.82, 2.24) is 5.01 Å². The van der Waals surface area contributed by atoms with Crippen molar-refractivity contribution in [1.29, 1.82) is 0 Å². The van der Waals surface area contributed by atoms with Crippen LogP contribution in [0.3, 0.4) is 0 Å². The first-order valence-corrected chi connectivity index (χ1v) is 22.3. The number of carbonyl (C=O) groups excluding carboxylic acids is 5. The van der Waals surface area contributed by atoms with Gasteiger partial charge in [0.2, 0.25) is 11.8 Å². The lowest BCUT2D eigenvalue weighted by Gasteiger charge is -2.50. The number of anilines is 2. The number of phenolic OH excluding ortho intramolecular Hbond substituents is 1. The van der Waals surface area contributed by atoms with Crippen LogP contribution in [-0.4, -0.2) is 46.6 Å². The Balaban J connectivity index is 1.09. The number of allylic oxidation sites excluding steroid dienone is 2. The molecule has 66 heavy (non-hydrogen) atoms. The largest absolute Gasteiger partial charge is 0.508 e. The molecule has 4 amide bonds. The highest BCUT2D eigenvalue weighted by Crippen LogP contribution is 2.65. The summed E-state index contributed by atoms with van der Waals surface area (Å²) in [5.41, 5.74) is 5.16. The van der Waals surface area contributed by atoms with Gasteiger partial charge in [-0.25, -0.2) is 0 Å². The number of benzene rings is 6. The minimum atomic E-state index is -1.69. The van der Waals surface area contributed by atoms with Crippen molar-refractivity contribution < 1.29 is 38.6 Å². The summed E-state index contributed by atoms with van der Waals surface area (Å²) in [5, 5.41) is 13.7. The third-order valence-electron chi connectivity index (χ3n) is 13.6. The Morgan fingerprint density at radius 2 is 1.44 bits per heavy atom. The van der Waals surface area contributed by atoms with Crippen molar-refractivity contribution in [3.05, 3.63) is 195 Å². The van der Waals surface area contributed by atoms with Crippen LogP contribution in [0.1, 0.15) is 51.4 Å². The Morgan fingerprint density at radius 3 is 2.12 bits per heavy atom. The molecule has 11 nitrogen and oxygen atoms in total. The highest BCUT2D eigenvalue weighted by Gasteiger charge is 2.70. The Hall–Kier alpha value is -7.21. The van der Waals surface area contributed by atoms with Gasteiger partial charge in [-0.1, -0.05) is 114 Å². The maximum absolute atomic E-state index is 15.7. The fourth-order valence-electron chi connectivity index (χ4n) is 10.6. The molecular formula is C53H41Cl2N3O8. The van der Waals surface area contributed by atoms with E-state index in [9.17, 15) is 19.5 Å². The summed E-state index contributed by atoms with van der Waals surface area (Å²) < 4.78 is 11.6. The molecule has 10 rings (SSSR count). The van der Waals surface area contributed by atoms with Crippen molar-refractivity contribution in [2.24, 2.45) is 23.7 Å². The number of phenols is 1. The smallest absolute Gasteiger partial charge is 0.260 e. The zero-order valence-corrected chi connectivity index (χ0v) is 36.9. The lowest BCUT2D eigenvalue weighted by atomic mass is 9.49. The highest BCUT2D eigenvalue weighted by molar-refractivity contribution is 6.36. The molecule has 2 N–H and O–H groups in total. The molecule has 2 saturated heterocycles. The molecule has 1 saturated carbocycles. The molecule has 4 aliphatic rings. The standard InChI is InChI=1S/C53H41Cl2N3O8/c1-65-36-19-14-33(15-20-36)53-42(50(62)58(52(53)64)56-44-25-16-34(54)26-43(44)55)28-41-38(47(53)39-22-21-37(27-45(39)59)66-29-30-8-4-2-5-9-30)23-24-40-46(41)51(63)57(49(40)61)35-17-12-32(13-18-35)48(60)31-10-6-3-7-11-31/h2-23,25-27,40-42,46-47,56,59H,24,28-29H2,1H3. The summed E-state index contributed by atoms with van der Waals surface area (Å²) in [6.07, 6.45) is 2.09. The molecule has 6 aromatic rings. The zero-order valence-electron chi connectivity index (χ0n) is 35.4. The average molecular weight is 919 g/mol. The molecule has 2 heterocycles. The Labute approximate surface area is 390 Å². The molecule has 6 aromatic carbocycles. The highest BCUT2D eigenvalue weighted by atomic mass is 35.5. The van der Waals surface area contributed by atoms with Crippen LogP contribution < -0.4 is 19.8 Å². The summed E-state index contributed by atoms with van der Waals surface area (Å²) in [6, 6.07) is 41.3. The number of rotatable bonds is 11. The predicted octanol–water partition coefficient (Wildman–Crippen LogP) is 9.71. The third-order valence-corrected chi connectivity index (χ3v) is 14.1. The summed E-state index contributed by atoms with van der Waals surface area (Å²) in [4.78, 5) is 74.8. The van der Waals surface area contributed by atoms with E-state index in [1.807, 2.05) is 42.5 Å². The van der Waals surface area contributed by atoms with Gasteiger partial charge in [-0.15, -0.1) is 0 Å². The molecular weight excluding hydrogens is 878 g/mol. The number of aromatic hydroxyl groups is 1. The van der Waals surface area contributed by atoms with Crippen LogP contribution in [0.5, 0.6) is 17.2 Å². The number of ketones is 1. The number of ether oxygens (including phenoxy) is 2. The quantitative estimate of drug-likeness (QED) is 0.0738. The number of methoxy groups -OCH3 is 1. The number of hydrogen-bond donors (Lipinski definition) is 2. The molecule has 0 radical (unpaired) electrons. The van der Waals surface area contributed by atoms with E-state index in [0.29, 0.717) is 50.0 Å². The number of fused-ring (bicyclic) bond motifs is 4. The molecule has 0 spiro atoms. The first-order chi connectivity index (χ1) is 32.0. The van der Waals surface area contributed by atoms with E-state index in [4.69, 9.17) is 32.7 Å². The van der Waals surface area contributed by atoms with E-state index >= 15 is 9.59 Å². The Morgan fingerprint density at radius 1 is 0.758 bits per heavy atom. The fourth-order valence-corrected chi connectivity index (χ4v) is 11.0. The predicted molar refractivity (Wildman–Crippen MR) is 248 cm³/mol. The lowest BCUT2D eigenvalue weighted by Crippen LogP contribution is -2.53. The van der Waals surface area contributed by atoms with E-state index in [1.54, 1.807) is 97.1 Å². The topological polar surface area (TPSA) is 143 Å². The Bertz CT molecular complexity index is 2960. The molecule has 6 atom stereocenters. The number of nitrogens with zero attached hydrogens (tertiary/aromatic N) is 2. The molecule has 13 heteroatoms. The van der Waals surface area contributed by atoms with Gasteiger partial charge >= 0.3 is 0 Å². The monoisotopic (exact) mass is 917 g/mol. The van der Waals surface area contributed by atoms with Gasteiger partial charge in [0.05, 0.1) is 46.7 Å². The molecule has 0 bridgehead atoms. The van der Waals surface area contributed by atoms with E-state index in [1.165, 1.54) is 24.1 Å². The minimum absolute atomic E-state index is 0.0169. The summed E-state index contributed by atoms with van der Waals surface area (Å²) >= 11 is 12.8. The second-order valence-corrected chi connectivity index (χ2v) is 17.8. The van der Waals surface area contributed by atoms with Crippen molar-refractivity contribution in [2.75, 3.05) is 17.4 Å². The van der Waals surface area contributed by atoms with Crippen LogP contribution in [0.15, 0.2) is 157 Å². The second kappa shape index (κ2) is 17.0. The van der Waals surface area contributed by atoms with Crippen LogP contribution in [0, 0.1) is 23.7 Å². The lowest BCUT2D eigenvalue weighted by molar-refractivity contribution is -0.138. The van der Waals surface area contributed by atoms with Gasteiger partial charge in [0.25, 0.3) is 11.8 Å².